The van der Waals surface area contributed by atoms with E-state index in [1.807, 2.05) is 53.4 Å². The number of hydrogen-bond donors (Lipinski definition) is 2. The molecule has 2 aromatic carbocycles. The number of carbonyl (C=O) groups excluding carboxylic acids is 5. The van der Waals surface area contributed by atoms with E-state index in [4.69, 9.17) is 4.98 Å². The first-order valence-electron chi connectivity index (χ1n) is 21.7. The van der Waals surface area contributed by atoms with E-state index in [1.165, 1.54) is 5.56 Å². The number of imide groups is 1. The van der Waals surface area contributed by atoms with Crippen LogP contribution in [0.4, 0.5) is 5.82 Å². The molecule has 4 aliphatic heterocycles. The highest BCUT2D eigenvalue weighted by molar-refractivity contribution is 6.05. The van der Waals surface area contributed by atoms with Gasteiger partial charge in [0.25, 0.3) is 11.8 Å². The number of piperazine rings is 1. The van der Waals surface area contributed by atoms with Crippen LogP contribution in [-0.4, -0.2) is 106 Å². The van der Waals surface area contributed by atoms with Gasteiger partial charge >= 0.3 is 0 Å². The lowest BCUT2D eigenvalue weighted by Gasteiger charge is -2.35. The van der Waals surface area contributed by atoms with Crippen LogP contribution in [0, 0.1) is 17.8 Å². The van der Waals surface area contributed by atoms with E-state index in [0.717, 1.165) is 106 Å². The summed E-state index contributed by atoms with van der Waals surface area (Å²) in [4.78, 5) is 79.5. The maximum Gasteiger partial charge on any atom is 0.255 e. The number of piperidine rings is 2. The van der Waals surface area contributed by atoms with E-state index in [-0.39, 0.29) is 30.0 Å². The average molecular weight is 833 g/mol. The fourth-order valence-corrected chi connectivity index (χ4v) is 8.65. The lowest BCUT2D eigenvalue weighted by molar-refractivity contribution is -0.137. The zero-order chi connectivity index (χ0) is 42.8. The van der Waals surface area contributed by atoms with Gasteiger partial charge in [-0.25, -0.2) is 4.98 Å². The number of pyridine rings is 2. The van der Waals surface area contributed by atoms with Crippen molar-refractivity contribution in [3.8, 4) is 11.8 Å². The quantitative estimate of drug-likeness (QED) is 0.0889. The molecular weight excluding hydrogens is 781 g/mol. The SMILES string of the molecule is O=C(/C=C/c1cccnc1)NCCCCC1CCN(C(=O)c2ccc(N3CCN(Cc4ccc(C#Cc5ccc6c(c5)C(=O)N(C5CCC(=O)NC5=O)C6)cc4)CC3)nc2)CC1. The van der Waals surface area contributed by atoms with Gasteiger partial charge in [0.1, 0.15) is 11.9 Å². The normalized spacial score (nSPS) is 18.4. The second-order valence-electron chi connectivity index (χ2n) is 16.5. The number of fused-ring (bicyclic) bond motifs is 1. The molecule has 8 rings (SSSR count). The summed E-state index contributed by atoms with van der Waals surface area (Å²) in [7, 11) is 0. The Kier molecular flexibility index (Phi) is 13.4. The largest absolute Gasteiger partial charge is 0.354 e. The smallest absolute Gasteiger partial charge is 0.255 e. The van der Waals surface area contributed by atoms with E-state index in [1.54, 1.807) is 41.7 Å². The Bertz CT molecular complexity index is 2360. The number of benzene rings is 2. The molecule has 0 spiro atoms. The molecule has 62 heavy (non-hydrogen) atoms. The van der Waals surface area contributed by atoms with Crippen molar-refractivity contribution in [2.45, 2.75) is 64.1 Å². The number of carbonyl (C=O) groups is 5. The second kappa shape index (κ2) is 19.8. The Morgan fingerprint density at radius 3 is 2.39 bits per heavy atom. The summed E-state index contributed by atoms with van der Waals surface area (Å²) in [6.45, 7) is 6.85. The van der Waals surface area contributed by atoms with Crippen molar-refractivity contribution in [3.63, 3.8) is 0 Å². The molecular formula is C49H52N8O5. The number of anilines is 1. The van der Waals surface area contributed by atoms with Gasteiger partial charge in [-0.05, 0) is 96.8 Å². The third kappa shape index (κ3) is 10.6. The highest BCUT2D eigenvalue weighted by Crippen LogP contribution is 2.29. The van der Waals surface area contributed by atoms with E-state index >= 15 is 0 Å². The van der Waals surface area contributed by atoms with Crippen molar-refractivity contribution in [2.24, 2.45) is 5.92 Å². The minimum Gasteiger partial charge on any atom is -0.354 e. The van der Waals surface area contributed by atoms with Crippen LogP contribution >= 0.6 is 0 Å². The molecule has 6 heterocycles. The van der Waals surface area contributed by atoms with E-state index < -0.39 is 11.9 Å². The fourth-order valence-electron chi connectivity index (χ4n) is 8.65. The molecule has 1 unspecified atom stereocenters. The monoisotopic (exact) mass is 832 g/mol. The zero-order valence-corrected chi connectivity index (χ0v) is 34.9. The van der Waals surface area contributed by atoms with Crippen LogP contribution in [0.1, 0.15) is 93.5 Å². The Morgan fingerprint density at radius 2 is 1.65 bits per heavy atom. The number of nitrogens with zero attached hydrogens (tertiary/aromatic N) is 6. The first-order chi connectivity index (χ1) is 30.3. The van der Waals surface area contributed by atoms with Crippen molar-refractivity contribution >= 4 is 41.4 Å². The van der Waals surface area contributed by atoms with Crippen LogP contribution in [-0.2, 0) is 27.5 Å². The third-order valence-electron chi connectivity index (χ3n) is 12.3. The second-order valence-corrected chi connectivity index (χ2v) is 16.5. The van der Waals surface area contributed by atoms with E-state index in [2.05, 4.69) is 49.4 Å². The molecule has 0 saturated carbocycles. The van der Waals surface area contributed by atoms with Gasteiger partial charge < -0.3 is 20.0 Å². The Labute approximate surface area is 362 Å². The minimum absolute atomic E-state index is 0.0474. The number of aromatic nitrogens is 2. The van der Waals surface area contributed by atoms with Crippen LogP contribution in [0.25, 0.3) is 6.08 Å². The van der Waals surface area contributed by atoms with Gasteiger partial charge in [0.2, 0.25) is 17.7 Å². The summed E-state index contributed by atoms with van der Waals surface area (Å²) < 4.78 is 0. The third-order valence-corrected chi connectivity index (χ3v) is 12.3. The number of unbranched alkanes of at least 4 members (excludes halogenated alkanes) is 1. The molecule has 3 saturated heterocycles. The lowest BCUT2D eigenvalue weighted by atomic mass is 9.91. The molecule has 0 aliphatic carbocycles. The molecule has 13 nitrogen and oxygen atoms in total. The van der Waals surface area contributed by atoms with E-state index in [9.17, 15) is 24.0 Å². The van der Waals surface area contributed by atoms with Crippen molar-refractivity contribution in [1.82, 2.24) is 35.3 Å². The molecule has 13 heteroatoms. The molecule has 0 radical (unpaired) electrons. The number of likely N-dealkylation sites (tertiary alicyclic amines) is 1. The number of hydrogen-bond acceptors (Lipinski definition) is 9. The topological polar surface area (TPSA) is 148 Å². The Balaban J connectivity index is 0.725. The first kappa shape index (κ1) is 42.1. The van der Waals surface area contributed by atoms with Gasteiger partial charge in [-0.3, -0.25) is 39.2 Å². The van der Waals surface area contributed by atoms with Gasteiger partial charge in [-0.15, -0.1) is 0 Å². The van der Waals surface area contributed by atoms with Crippen molar-refractivity contribution in [2.75, 3.05) is 50.7 Å². The average Bonchev–Trinajstić information content (AvgIpc) is 3.63. The predicted octanol–water partition coefficient (Wildman–Crippen LogP) is 4.81. The van der Waals surface area contributed by atoms with Crippen LogP contribution < -0.4 is 15.5 Å². The van der Waals surface area contributed by atoms with Crippen LogP contribution in [0.5, 0.6) is 0 Å². The van der Waals surface area contributed by atoms with Gasteiger partial charge in [-0.1, -0.05) is 48.9 Å². The fraction of sp³-hybridized carbons (Fsp3) is 0.367. The maximum absolute atomic E-state index is 13.3. The molecule has 4 aromatic rings. The summed E-state index contributed by atoms with van der Waals surface area (Å²) in [5.41, 5.74) is 5.75. The van der Waals surface area contributed by atoms with Crippen molar-refractivity contribution in [1.29, 1.82) is 0 Å². The number of rotatable bonds is 12. The predicted molar refractivity (Wildman–Crippen MR) is 235 cm³/mol. The van der Waals surface area contributed by atoms with Crippen LogP contribution in [0.15, 0.2) is 91.4 Å². The summed E-state index contributed by atoms with van der Waals surface area (Å²) in [6, 6.07) is 20.8. The molecule has 0 bridgehead atoms. The summed E-state index contributed by atoms with van der Waals surface area (Å²) >= 11 is 0. The van der Waals surface area contributed by atoms with E-state index in [0.29, 0.717) is 36.6 Å². The molecule has 318 valence electrons. The molecule has 2 aromatic heterocycles. The highest BCUT2D eigenvalue weighted by atomic mass is 16.2. The van der Waals surface area contributed by atoms with Gasteiger partial charge in [0.05, 0.1) is 5.56 Å². The molecule has 1 atom stereocenters. The zero-order valence-electron chi connectivity index (χ0n) is 34.9. The first-order valence-corrected chi connectivity index (χ1v) is 21.7. The lowest BCUT2D eigenvalue weighted by Crippen LogP contribution is -2.52. The Hall–Kier alpha value is -6.65. The molecule has 4 aliphatic rings. The number of amides is 5. The van der Waals surface area contributed by atoms with Crippen LogP contribution in [0.3, 0.4) is 0 Å². The summed E-state index contributed by atoms with van der Waals surface area (Å²) in [5, 5.41) is 5.30. The number of nitrogens with one attached hydrogen (secondary N) is 2. The summed E-state index contributed by atoms with van der Waals surface area (Å²) in [6.07, 6.45) is 14.1. The highest BCUT2D eigenvalue weighted by Gasteiger charge is 2.39. The van der Waals surface area contributed by atoms with Crippen molar-refractivity contribution < 1.29 is 24.0 Å². The van der Waals surface area contributed by atoms with Gasteiger partial charge in [-0.2, -0.15) is 0 Å². The van der Waals surface area contributed by atoms with Crippen molar-refractivity contribution in [3.05, 3.63) is 130 Å². The van der Waals surface area contributed by atoms with Crippen LogP contribution in [0.2, 0.25) is 0 Å². The van der Waals surface area contributed by atoms with Gasteiger partial charge in [0, 0.05) is 107 Å². The molecule has 3 fully saturated rings. The van der Waals surface area contributed by atoms with Gasteiger partial charge in [0.15, 0.2) is 0 Å². The summed E-state index contributed by atoms with van der Waals surface area (Å²) in [5.74, 6) is 6.93. The minimum atomic E-state index is -0.636. The molecule has 5 amide bonds. The standard InChI is InChI=1S/C49H52N8O5/c58-45(18-13-38-5-3-22-50-31-38)51-23-2-1-4-35-20-24-56(25-21-35)48(61)40-15-17-44(52-32-40)55-28-26-54(27-29-55)33-39-10-7-36(8-11-39)6-9-37-12-14-41-34-57(49(62)42(41)30-37)43-16-19-46(59)53-47(43)60/h3,5,7-8,10-15,17-18,22,30-32,35,43H,1-2,4,16,19-21,23-29,33-34H2,(H,51,58)(H,53,59,60)/b18-13+. The molecule has 2 N–H and O–H groups in total. The Morgan fingerprint density at radius 1 is 0.855 bits per heavy atom. The maximum atomic E-state index is 13.3.